The van der Waals surface area contributed by atoms with Gasteiger partial charge in [-0.15, -0.1) is 0 Å². The van der Waals surface area contributed by atoms with Crippen molar-refractivity contribution in [3.05, 3.63) is 242 Å². The van der Waals surface area contributed by atoms with Crippen molar-refractivity contribution in [3.8, 4) is 39.6 Å². The third-order valence-electron chi connectivity index (χ3n) is 11.4. The molecule has 0 unspecified atom stereocenters. The molecule has 8 rings (SSSR count). The molecule has 3 aromatic heterocycles. The molecule has 0 fully saturated rings. The largest absolute Gasteiger partial charge is 0.512 e. The number of benzene rings is 5. The first-order chi connectivity index (χ1) is 39.7. The second kappa shape index (κ2) is 46.4. The van der Waals surface area contributed by atoms with Crippen LogP contribution in [0.1, 0.15) is 109 Å². The van der Waals surface area contributed by atoms with Gasteiger partial charge in [0, 0.05) is 180 Å². The van der Waals surface area contributed by atoms with Gasteiger partial charge in [0.05, 0.1) is 28.7 Å². The van der Waals surface area contributed by atoms with E-state index in [0.29, 0.717) is 6.42 Å². The predicted molar refractivity (Wildman–Crippen MR) is 345 cm³/mol. The summed E-state index contributed by atoms with van der Waals surface area (Å²) in [4.78, 5) is 55.4. The average molecular weight is 1900 g/mol. The van der Waals surface area contributed by atoms with E-state index in [1.807, 2.05) is 184 Å². The van der Waals surface area contributed by atoms with Crippen LogP contribution in [0.25, 0.3) is 50.4 Å². The fraction of sp³-hybridized carbons (Fsp3) is 0.264. The molecule has 0 atom stereocenters. The molecule has 8 aromatic rings. The number of hydrogen-bond acceptors (Lipinski definition) is 11. The van der Waals surface area contributed by atoms with Crippen LogP contribution in [0.2, 0.25) is 0 Å². The van der Waals surface area contributed by atoms with Crippen molar-refractivity contribution in [1.29, 1.82) is 0 Å². The molecular formula is C72H86Ir4N4O8. The maximum absolute atomic E-state index is 11.5. The first-order valence-electron chi connectivity index (χ1n) is 27.9. The van der Waals surface area contributed by atoms with Gasteiger partial charge in [-0.05, 0) is 69.8 Å². The summed E-state index contributed by atoms with van der Waals surface area (Å²) in [6.07, 6.45) is 15.1. The van der Waals surface area contributed by atoms with Crippen LogP contribution in [0.5, 0.6) is 0 Å². The molecule has 88 heavy (non-hydrogen) atoms. The van der Waals surface area contributed by atoms with E-state index in [-0.39, 0.29) is 138 Å². The topological polar surface area (TPSA) is 193 Å². The van der Waals surface area contributed by atoms with Crippen LogP contribution in [0, 0.1) is 16.7 Å². The molecule has 12 nitrogen and oxygen atoms in total. The van der Waals surface area contributed by atoms with E-state index in [1.54, 1.807) is 0 Å². The maximum Gasteiger partial charge on any atom is 0.164 e. The molecule has 3 heterocycles. The Morgan fingerprint density at radius 1 is 0.500 bits per heavy atom. The van der Waals surface area contributed by atoms with Gasteiger partial charge in [-0.25, -0.2) is 4.98 Å². The van der Waals surface area contributed by atoms with Crippen LogP contribution in [0.3, 0.4) is 0 Å². The Hall–Kier alpha value is -6.69. The van der Waals surface area contributed by atoms with Gasteiger partial charge in [0.25, 0.3) is 0 Å². The van der Waals surface area contributed by atoms with Crippen LogP contribution in [-0.2, 0) is 99.6 Å². The van der Waals surface area contributed by atoms with Gasteiger partial charge in [-0.2, -0.15) is 0 Å². The van der Waals surface area contributed by atoms with Crippen molar-refractivity contribution >= 4 is 33.9 Å². The summed E-state index contributed by atoms with van der Waals surface area (Å²) in [6.45, 7) is 22.5. The van der Waals surface area contributed by atoms with Crippen molar-refractivity contribution in [3.63, 3.8) is 0 Å². The number of hydrogen-bond donors (Lipinski definition) is 4. The van der Waals surface area contributed by atoms with Gasteiger partial charge >= 0.3 is 0 Å². The number of pyridine rings is 2. The van der Waals surface area contributed by atoms with Gasteiger partial charge in [-0.1, -0.05) is 208 Å². The minimum Gasteiger partial charge on any atom is -0.512 e. The zero-order valence-electron chi connectivity index (χ0n) is 52.5. The number of allylic oxidation sites excluding steroid dienone is 8. The molecule has 0 aliphatic heterocycles. The van der Waals surface area contributed by atoms with Crippen LogP contribution in [-0.4, -0.2) is 63.1 Å². The second-order valence-electron chi connectivity index (χ2n) is 21.6. The number of carbonyl (C=O) groups is 4. The molecule has 0 amide bonds. The van der Waals surface area contributed by atoms with Gasteiger partial charge in [0.1, 0.15) is 11.6 Å². The first-order valence-corrected chi connectivity index (χ1v) is 27.9. The number of para-hydroxylation sites is 1. The molecule has 4 radical (unpaired) electrons. The Kier molecular flexibility index (Phi) is 45.1. The standard InChI is InChI=1S/C15H12N2.C15H11N.C11H9N.C11H20O2.C8H14O2.C7H12O2.C5H8O2.4Ir/c1-3-7-13(8-4-1)15-16-11-12-17(15)14-9-5-2-6-10-14;1-2-7-13(8-3-1)15-14-9-5-4-6-12(14)10-11-16-15;1-2-6-10(7-3-1)11-8-4-5-9-12-11;1-10(2,3)8(12)7-9(13)11(4,5)6;1-3-4-5-8(10)6-7(2)9;1-5(2)7(9)4-6(3)8;1-4(6)3-5(2)7;;;;/h1-12H;1-11H;1-9H;7,12H,1-6H3;6,10H,3-5H2,1-2H3;4-5,9H,1-3H3;3,6H,1-2H3;;;;. The Balaban J connectivity index is -0.000000968. The number of ketones is 4. The molecule has 16 heteroatoms. The normalized spacial score (nSPS) is 10.8. The van der Waals surface area contributed by atoms with Crippen LogP contribution in [0.15, 0.2) is 242 Å². The number of aliphatic hydroxyl groups excluding tert-OH is 4. The Labute approximate surface area is 576 Å². The molecule has 0 saturated heterocycles. The third kappa shape index (κ3) is 36.0. The van der Waals surface area contributed by atoms with E-state index in [1.165, 1.54) is 68.3 Å². The van der Waals surface area contributed by atoms with E-state index < -0.39 is 5.41 Å². The second-order valence-corrected chi connectivity index (χ2v) is 21.6. The number of carbonyl (C=O) groups excluding carboxylic acids is 4. The quantitative estimate of drug-likeness (QED) is 0.0672. The van der Waals surface area contributed by atoms with Crippen molar-refractivity contribution < 1.29 is 120 Å². The van der Waals surface area contributed by atoms with Crippen LogP contribution in [0.4, 0.5) is 0 Å². The fourth-order valence-electron chi connectivity index (χ4n) is 6.88. The summed E-state index contributed by atoms with van der Waals surface area (Å²) < 4.78 is 2.09. The Bertz CT molecular complexity index is 3260. The summed E-state index contributed by atoms with van der Waals surface area (Å²) >= 11 is 0. The summed E-state index contributed by atoms with van der Waals surface area (Å²) in [6, 6.07) is 57.2. The summed E-state index contributed by atoms with van der Waals surface area (Å²) in [7, 11) is 0. The number of aliphatic hydroxyl groups is 4. The number of aromatic nitrogens is 4. The molecule has 0 aliphatic carbocycles. The summed E-state index contributed by atoms with van der Waals surface area (Å²) in [5, 5.41) is 38.3. The van der Waals surface area contributed by atoms with E-state index in [4.69, 9.17) is 15.3 Å². The van der Waals surface area contributed by atoms with Crippen LogP contribution >= 0.6 is 0 Å². The molecule has 0 saturated carbocycles. The minimum absolute atomic E-state index is 0. The number of fused-ring (bicyclic) bond motifs is 1. The van der Waals surface area contributed by atoms with E-state index in [2.05, 4.69) is 92.3 Å². The zero-order chi connectivity index (χ0) is 62.7. The Morgan fingerprint density at radius 3 is 1.41 bits per heavy atom. The molecule has 478 valence electrons. The average Bonchev–Trinajstić information content (AvgIpc) is 3.17. The van der Waals surface area contributed by atoms with Gasteiger partial charge in [-0.3, -0.25) is 33.7 Å². The van der Waals surface area contributed by atoms with Crippen molar-refractivity contribution in [2.45, 2.75) is 109 Å². The molecule has 0 aliphatic rings. The van der Waals surface area contributed by atoms with Crippen molar-refractivity contribution in [2.75, 3.05) is 0 Å². The number of imidazole rings is 1. The SMILES string of the molecule is CC(=O)C=C(C)O.CC(=O)C=C(O)C(C)C.CC(C)(C)C(=O)C=C(O)C(C)(C)C.CCCCC(O)=CC(C)=O.[Ir].[Ir].[Ir].[Ir].c1ccc(-c2ccccn2)cc1.c1ccc(-c2nccc3ccccc23)cc1.c1ccc(-c2nccn2-c2ccccc2)cc1. The predicted octanol–water partition coefficient (Wildman–Crippen LogP) is 18.2. The maximum atomic E-state index is 11.5. The summed E-state index contributed by atoms with van der Waals surface area (Å²) in [5.74, 6) is 1.22. The number of rotatable bonds is 12. The van der Waals surface area contributed by atoms with Gasteiger partial charge in [0.15, 0.2) is 23.1 Å². The Morgan fingerprint density at radius 2 is 0.977 bits per heavy atom. The van der Waals surface area contributed by atoms with Crippen LogP contribution < -0.4 is 0 Å². The molecule has 0 bridgehead atoms. The summed E-state index contributed by atoms with van der Waals surface area (Å²) in [5.41, 5.74) is 5.90. The third-order valence-corrected chi connectivity index (χ3v) is 11.4. The van der Waals surface area contributed by atoms with E-state index >= 15 is 0 Å². The number of nitrogens with zero attached hydrogens (tertiary/aromatic N) is 4. The smallest absolute Gasteiger partial charge is 0.164 e. The molecule has 4 N–H and O–H groups in total. The molecule has 0 spiro atoms. The van der Waals surface area contributed by atoms with E-state index in [0.717, 1.165) is 46.9 Å². The first kappa shape index (κ1) is 85.5. The zero-order valence-corrected chi connectivity index (χ0v) is 62.1. The van der Waals surface area contributed by atoms with Crippen molar-refractivity contribution in [2.24, 2.45) is 16.7 Å². The number of unbranched alkanes of at least 4 members (excludes halogenated alkanes) is 1. The van der Waals surface area contributed by atoms with E-state index in [9.17, 15) is 24.3 Å². The van der Waals surface area contributed by atoms with Crippen molar-refractivity contribution in [1.82, 2.24) is 19.5 Å². The minimum atomic E-state index is -0.417. The molecular weight excluding hydrogens is 1820 g/mol. The fourth-order valence-corrected chi connectivity index (χ4v) is 6.88. The molecule has 5 aromatic carbocycles. The monoisotopic (exact) mass is 1910 g/mol. The van der Waals surface area contributed by atoms with Gasteiger partial charge < -0.3 is 20.4 Å². The van der Waals surface area contributed by atoms with Gasteiger partial charge in [0.2, 0.25) is 0 Å².